The normalized spacial score (nSPS) is 22.5. The summed E-state index contributed by atoms with van der Waals surface area (Å²) in [5.41, 5.74) is 0. The van der Waals surface area contributed by atoms with Crippen LogP contribution in [0.3, 0.4) is 0 Å². The Labute approximate surface area is 81.3 Å². The number of nitrogens with one attached hydrogen (secondary N) is 1. The molecule has 0 spiro atoms. The van der Waals surface area contributed by atoms with Gasteiger partial charge in [-0.2, -0.15) is 5.26 Å². The minimum absolute atomic E-state index is 0.142. The van der Waals surface area contributed by atoms with E-state index in [1.165, 1.54) is 25.7 Å². The molecule has 0 aromatic carbocycles. The topological polar surface area (TPSA) is 35.8 Å². The molecule has 0 bridgehead atoms. The summed E-state index contributed by atoms with van der Waals surface area (Å²) in [6.07, 6.45) is 5.53. The smallest absolute Gasteiger partial charge is 0.0666 e. The van der Waals surface area contributed by atoms with E-state index in [9.17, 15) is 0 Å². The van der Waals surface area contributed by atoms with Gasteiger partial charge < -0.3 is 5.32 Å². The van der Waals surface area contributed by atoms with E-state index in [-0.39, 0.29) is 5.92 Å². The van der Waals surface area contributed by atoms with Crippen LogP contribution >= 0.6 is 0 Å². The van der Waals surface area contributed by atoms with Gasteiger partial charge in [-0.25, -0.2) is 0 Å². The van der Waals surface area contributed by atoms with E-state index in [2.05, 4.69) is 18.3 Å². The first kappa shape index (κ1) is 10.5. The maximum Gasteiger partial charge on any atom is 0.0666 e. The molecular weight excluding hydrogens is 160 g/mol. The van der Waals surface area contributed by atoms with Crippen LogP contribution in [0.5, 0.6) is 0 Å². The summed E-state index contributed by atoms with van der Waals surface area (Å²) in [5, 5.41) is 12.1. The lowest BCUT2D eigenvalue weighted by molar-refractivity contribution is 0.372. The van der Waals surface area contributed by atoms with Crippen LogP contribution in [-0.2, 0) is 0 Å². The highest BCUT2D eigenvalue weighted by atomic mass is 14.9. The average Bonchev–Trinajstić information content (AvgIpc) is 2.66. The average molecular weight is 180 g/mol. The molecule has 1 fully saturated rings. The first-order valence-electron chi connectivity index (χ1n) is 5.37. The Kier molecular flexibility index (Phi) is 4.24. The van der Waals surface area contributed by atoms with E-state index < -0.39 is 0 Å². The van der Waals surface area contributed by atoms with Gasteiger partial charge in [-0.05, 0) is 32.6 Å². The van der Waals surface area contributed by atoms with Crippen molar-refractivity contribution in [2.75, 3.05) is 6.54 Å². The third kappa shape index (κ3) is 3.36. The third-order valence-electron chi connectivity index (χ3n) is 3.07. The van der Waals surface area contributed by atoms with Crippen LogP contribution in [0.25, 0.3) is 0 Å². The summed E-state index contributed by atoms with van der Waals surface area (Å²) < 4.78 is 0. The third-order valence-corrected chi connectivity index (χ3v) is 3.07. The molecule has 0 aromatic heterocycles. The minimum Gasteiger partial charge on any atom is -0.313 e. The molecule has 1 rings (SSSR count). The summed E-state index contributed by atoms with van der Waals surface area (Å²) >= 11 is 0. The fraction of sp³-hybridized carbons (Fsp3) is 0.909. The molecular formula is C11H20N2. The van der Waals surface area contributed by atoms with Gasteiger partial charge in [0.1, 0.15) is 0 Å². The Morgan fingerprint density at radius 3 is 2.54 bits per heavy atom. The molecule has 2 heteroatoms. The van der Waals surface area contributed by atoms with Crippen molar-refractivity contribution in [3.8, 4) is 6.07 Å². The van der Waals surface area contributed by atoms with E-state index in [4.69, 9.17) is 5.26 Å². The van der Waals surface area contributed by atoms with E-state index in [1.54, 1.807) is 0 Å². The van der Waals surface area contributed by atoms with Crippen LogP contribution in [0.1, 0.15) is 39.5 Å². The first-order valence-corrected chi connectivity index (χ1v) is 5.37. The summed E-state index contributed by atoms with van der Waals surface area (Å²) in [6, 6.07) is 2.84. The van der Waals surface area contributed by atoms with Crippen molar-refractivity contribution in [1.29, 1.82) is 5.26 Å². The fourth-order valence-electron chi connectivity index (χ4n) is 2.03. The van der Waals surface area contributed by atoms with E-state index in [1.807, 2.05) is 6.92 Å². The van der Waals surface area contributed by atoms with Gasteiger partial charge in [0.25, 0.3) is 0 Å². The van der Waals surface area contributed by atoms with E-state index in [0.717, 1.165) is 12.5 Å². The maximum absolute atomic E-state index is 8.62. The minimum atomic E-state index is 0.142. The van der Waals surface area contributed by atoms with E-state index in [0.29, 0.717) is 6.04 Å². The van der Waals surface area contributed by atoms with Crippen molar-refractivity contribution in [3.05, 3.63) is 0 Å². The van der Waals surface area contributed by atoms with Crippen molar-refractivity contribution in [2.24, 2.45) is 11.8 Å². The van der Waals surface area contributed by atoms with Crippen molar-refractivity contribution in [3.63, 3.8) is 0 Å². The predicted octanol–water partition coefficient (Wildman–Crippen LogP) is 2.31. The summed E-state index contributed by atoms with van der Waals surface area (Å²) in [4.78, 5) is 0. The van der Waals surface area contributed by atoms with Crippen molar-refractivity contribution >= 4 is 0 Å². The van der Waals surface area contributed by atoms with Crippen molar-refractivity contribution in [1.82, 2.24) is 5.32 Å². The molecule has 1 aliphatic rings. The first-order chi connectivity index (χ1) is 6.24. The highest BCUT2D eigenvalue weighted by Crippen LogP contribution is 2.27. The number of hydrogen-bond acceptors (Lipinski definition) is 2. The van der Waals surface area contributed by atoms with Crippen LogP contribution in [0.4, 0.5) is 0 Å². The lowest BCUT2D eigenvalue weighted by Crippen LogP contribution is -2.35. The van der Waals surface area contributed by atoms with Crippen LogP contribution < -0.4 is 5.32 Å². The van der Waals surface area contributed by atoms with Crippen LogP contribution in [0, 0.1) is 23.2 Å². The summed E-state index contributed by atoms with van der Waals surface area (Å²) in [7, 11) is 0. The zero-order chi connectivity index (χ0) is 9.68. The largest absolute Gasteiger partial charge is 0.313 e. The lowest BCUT2D eigenvalue weighted by atomic mass is 9.99. The molecule has 74 valence electrons. The van der Waals surface area contributed by atoms with Gasteiger partial charge in [0.15, 0.2) is 0 Å². The van der Waals surface area contributed by atoms with Crippen LogP contribution in [0.15, 0.2) is 0 Å². The molecule has 13 heavy (non-hydrogen) atoms. The van der Waals surface area contributed by atoms with Gasteiger partial charge in [0, 0.05) is 12.6 Å². The molecule has 0 heterocycles. The van der Waals surface area contributed by atoms with Crippen LogP contribution in [0.2, 0.25) is 0 Å². The molecule has 1 saturated carbocycles. The van der Waals surface area contributed by atoms with Gasteiger partial charge in [-0.1, -0.05) is 12.8 Å². The van der Waals surface area contributed by atoms with Gasteiger partial charge in [0.05, 0.1) is 12.0 Å². The summed E-state index contributed by atoms with van der Waals surface area (Å²) in [5.74, 6) is 0.995. The molecule has 0 aromatic rings. The second-order valence-electron chi connectivity index (χ2n) is 4.27. The SMILES string of the molecule is CC(C#N)CNC(C)C1CCCC1. The van der Waals surface area contributed by atoms with Gasteiger partial charge in [-0.15, -0.1) is 0 Å². The Hall–Kier alpha value is -0.550. The number of hydrogen-bond donors (Lipinski definition) is 1. The van der Waals surface area contributed by atoms with Gasteiger partial charge in [-0.3, -0.25) is 0 Å². The van der Waals surface area contributed by atoms with Crippen molar-refractivity contribution < 1.29 is 0 Å². The van der Waals surface area contributed by atoms with Crippen LogP contribution in [-0.4, -0.2) is 12.6 Å². The molecule has 1 aliphatic carbocycles. The number of rotatable bonds is 4. The zero-order valence-corrected chi connectivity index (χ0v) is 8.71. The standard InChI is InChI=1S/C11H20N2/c1-9(7-12)8-13-10(2)11-5-3-4-6-11/h9-11,13H,3-6,8H2,1-2H3. The Morgan fingerprint density at radius 2 is 2.00 bits per heavy atom. The Bertz CT molecular complexity index is 177. The predicted molar refractivity (Wildman–Crippen MR) is 54.2 cm³/mol. The number of nitriles is 1. The quantitative estimate of drug-likeness (QED) is 0.720. The molecule has 2 atom stereocenters. The molecule has 1 N–H and O–H groups in total. The highest BCUT2D eigenvalue weighted by Gasteiger charge is 2.21. The lowest BCUT2D eigenvalue weighted by Gasteiger charge is -2.20. The Balaban J connectivity index is 2.17. The van der Waals surface area contributed by atoms with Crippen molar-refractivity contribution in [2.45, 2.75) is 45.6 Å². The molecule has 0 saturated heterocycles. The molecule has 0 aliphatic heterocycles. The highest BCUT2D eigenvalue weighted by molar-refractivity contribution is 4.83. The monoisotopic (exact) mass is 180 g/mol. The van der Waals surface area contributed by atoms with Gasteiger partial charge in [0.2, 0.25) is 0 Å². The molecule has 2 unspecified atom stereocenters. The molecule has 2 nitrogen and oxygen atoms in total. The molecule has 0 amide bonds. The summed E-state index contributed by atoms with van der Waals surface area (Å²) in [6.45, 7) is 5.06. The molecule has 0 radical (unpaired) electrons. The van der Waals surface area contributed by atoms with Gasteiger partial charge >= 0.3 is 0 Å². The maximum atomic E-state index is 8.62. The number of nitrogens with zero attached hydrogens (tertiary/aromatic N) is 1. The second-order valence-corrected chi connectivity index (χ2v) is 4.27. The van der Waals surface area contributed by atoms with E-state index >= 15 is 0 Å². The Morgan fingerprint density at radius 1 is 1.38 bits per heavy atom. The zero-order valence-electron chi connectivity index (χ0n) is 8.71. The fourth-order valence-corrected chi connectivity index (χ4v) is 2.03. The second kappa shape index (κ2) is 5.24.